The van der Waals surface area contributed by atoms with Gasteiger partial charge in [0.05, 0.1) is 16.3 Å². The van der Waals surface area contributed by atoms with Crippen molar-refractivity contribution in [2.45, 2.75) is 30.7 Å². The number of nitrogens with two attached hydrogens (primary N) is 1. The molecule has 0 radical (unpaired) electrons. The number of ketones is 1. The maximum atomic E-state index is 13.3. The first kappa shape index (κ1) is 21.0. The first-order valence-electron chi connectivity index (χ1n) is 8.13. The molecule has 1 saturated carbocycles. The number of carbonyl (C=O) groups excluding carboxylic acids is 2. The first-order chi connectivity index (χ1) is 13.4. The van der Waals surface area contributed by atoms with Crippen molar-refractivity contribution in [2.24, 2.45) is 0 Å². The Bertz CT molecular complexity index is 1150. The van der Waals surface area contributed by atoms with E-state index < -0.39 is 33.9 Å². The predicted molar refractivity (Wildman–Crippen MR) is 99.3 cm³/mol. The van der Waals surface area contributed by atoms with Crippen molar-refractivity contribution in [3.8, 4) is 5.69 Å². The highest BCUT2D eigenvalue weighted by Crippen LogP contribution is 2.41. The molecule has 1 aromatic carbocycles. The number of nitrogen functional groups attached to an aromatic ring is 1. The van der Waals surface area contributed by atoms with Crippen molar-refractivity contribution >= 4 is 35.0 Å². The Kier molecular flexibility index (Phi) is 5.04. The molecule has 8 nitrogen and oxygen atoms in total. The second kappa shape index (κ2) is 6.96. The van der Waals surface area contributed by atoms with Gasteiger partial charge in [-0.15, -0.1) is 0 Å². The zero-order valence-electron chi connectivity index (χ0n) is 14.7. The maximum absolute atomic E-state index is 13.3. The van der Waals surface area contributed by atoms with Crippen LogP contribution >= 0.6 is 23.2 Å². The Labute approximate surface area is 171 Å². The van der Waals surface area contributed by atoms with Crippen molar-refractivity contribution < 1.29 is 23.1 Å². The normalized spacial score (nSPS) is 15.1. The summed E-state index contributed by atoms with van der Waals surface area (Å²) in [6.45, 7) is 1.29. The Morgan fingerprint density at radius 2 is 1.86 bits per heavy atom. The molecule has 1 aromatic heterocycles. The molecule has 1 aliphatic rings. The van der Waals surface area contributed by atoms with E-state index in [1.54, 1.807) is 0 Å². The molecule has 0 unspecified atom stereocenters. The number of nitrogens with zero attached hydrogens (tertiary/aromatic N) is 2. The molecule has 0 aliphatic heterocycles. The van der Waals surface area contributed by atoms with Crippen LogP contribution in [0.15, 0.2) is 33.9 Å². The Balaban J connectivity index is 2.08. The minimum atomic E-state index is -4.05. The number of aromatic nitrogens is 2. The van der Waals surface area contributed by atoms with Crippen LogP contribution in [-0.4, -0.2) is 26.6 Å². The van der Waals surface area contributed by atoms with Gasteiger partial charge in [-0.3, -0.25) is 9.59 Å². The molecule has 0 atom stereocenters. The van der Waals surface area contributed by atoms with Crippen molar-refractivity contribution in [1.29, 1.82) is 0 Å². The predicted octanol–water partition coefficient (Wildman–Crippen LogP) is 1.93. The molecular weight excluding hydrogens is 435 g/mol. The molecule has 1 fully saturated rings. The van der Waals surface area contributed by atoms with Crippen LogP contribution in [0.2, 0.25) is 5.02 Å². The second-order valence-corrected chi connectivity index (χ2v) is 7.34. The third-order valence-corrected chi connectivity index (χ3v) is 5.01. The lowest BCUT2D eigenvalue weighted by Gasteiger charge is -2.16. The number of hydrogen-bond acceptors (Lipinski definition) is 6. The highest BCUT2D eigenvalue weighted by molar-refractivity contribution is 6.33. The van der Waals surface area contributed by atoms with E-state index in [0.717, 1.165) is 6.07 Å². The fourth-order valence-electron chi connectivity index (χ4n) is 2.69. The summed E-state index contributed by atoms with van der Waals surface area (Å²) in [6.07, 6.45) is 0.744. The van der Waals surface area contributed by atoms with E-state index in [-0.39, 0.29) is 26.7 Å². The lowest BCUT2D eigenvalue weighted by atomic mass is 10.2. The lowest BCUT2D eigenvalue weighted by molar-refractivity contribution is -0.127. The average molecular weight is 448 g/mol. The van der Waals surface area contributed by atoms with E-state index >= 15 is 0 Å². The number of rotatable bonds is 5. The number of halogens is 4. The minimum absolute atomic E-state index is 0.0238. The molecule has 1 aliphatic carbocycles. The van der Waals surface area contributed by atoms with Gasteiger partial charge in [-0.25, -0.2) is 18.8 Å². The molecule has 1 heterocycles. The molecule has 2 aromatic rings. The maximum Gasteiger partial charge on any atom is 0.365 e. The molecule has 0 amide bonds. The van der Waals surface area contributed by atoms with Gasteiger partial charge in [-0.05, 0) is 49.6 Å². The van der Waals surface area contributed by atoms with E-state index in [1.807, 2.05) is 0 Å². The number of esters is 1. The summed E-state index contributed by atoms with van der Waals surface area (Å²) in [4.78, 5) is 48.7. The van der Waals surface area contributed by atoms with Gasteiger partial charge in [0.15, 0.2) is 11.4 Å². The van der Waals surface area contributed by atoms with Gasteiger partial charge >= 0.3 is 17.0 Å². The number of benzene rings is 1. The van der Waals surface area contributed by atoms with Gasteiger partial charge in [0.2, 0.25) is 0 Å². The zero-order chi connectivity index (χ0) is 21.7. The van der Waals surface area contributed by atoms with Crippen LogP contribution in [0, 0.1) is 0 Å². The first-order valence-corrected chi connectivity index (χ1v) is 8.89. The number of Topliss-reactive ketones (excluding diaryl/α,β-unsaturated/α-hetero) is 1. The minimum Gasteiger partial charge on any atom is -0.447 e. The second-order valence-electron chi connectivity index (χ2n) is 6.46. The third-order valence-electron chi connectivity index (χ3n) is 4.49. The van der Waals surface area contributed by atoms with Gasteiger partial charge in [-0.1, -0.05) is 11.6 Å². The number of ether oxygens (including phenoxy) is 1. The summed E-state index contributed by atoms with van der Waals surface area (Å²) in [5, 5.41) is -4.12. The van der Waals surface area contributed by atoms with Crippen LogP contribution in [-0.2, 0) is 14.9 Å². The van der Waals surface area contributed by atoms with Gasteiger partial charge in [-0.2, -0.15) is 8.78 Å². The quantitative estimate of drug-likeness (QED) is 0.425. The SMILES string of the molecule is CC(=O)C1(OC(=O)c2cc(-n3c(=O)cc(C(F)(F)Cl)n(N)c3=O)ccc2Cl)CC1. The summed E-state index contributed by atoms with van der Waals surface area (Å²) in [5.74, 6) is 4.10. The summed E-state index contributed by atoms with van der Waals surface area (Å²) in [5.41, 5.74) is -5.28. The van der Waals surface area contributed by atoms with Crippen LogP contribution in [0.3, 0.4) is 0 Å². The lowest BCUT2D eigenvalue weighted by Crippen LogP contribution is -2.45. The summed E-state index contributed by atoms with van der Waals surface area (Å²) >= 11 is 10.9. The van der Waals surface area contributed by atoms with E-state index in [4.69, 9.17) is 33.8 Å². The van der Waals surface area contributed by atoms with E-state index in [1.165, 1.54) is 19.1 Å². The van der Waals surface area contributed by atoms with Crippen LogP contribution in [0.1, 0.15) is 35.8 Å². The number of hydrogen-bond donors (Lipinski definition) is 1. The highest BCUT2D eigenvalue weighted by atomic mass is 35.5. The molecule has 0 saturated heterocycles. The van der Waals surface area contributed by atoms with E-state index in [2.05, 4.69) is 0 Å². The fraction of sp³-hybridized carbons (Fsp3) is 0.294. The van der Waals surface area contributed by atoms with Crippen molar-refractivity contribution in [3.63, 3.8) is 0 Å². The van der Waals surface area contributed by atoms with Crippen molar-refractivity contribution in [3.05, 3.63) is 61.4 Å². The molecule has 3 rings (SSSR count). The van der Waals surface area contributed by atoms with Gasteiger partial charge in [0, 0.05) is 6.07 Å². The van der Waals surface area contributed by atoms with Crippen molar-refractivity contribution in [2.75, 3.05) is 5.84 Å². The highest BCUT2D eigenvalue weighted by Gasteiger charge is 2.51. The zero-order valence-corrected chi connectivity index (χ0v) is 16.3. The third kappa shape index (κ3) is 3.77. The molecule has 2 N–H and O–H groups in total. The monoisotopic (exact) mass is 447 g/mol. The standard InChI is InChI=1S/C17H13Cl2F2N3O5/c1-8(25)16(4-5-16)29-14(27)10-6-9(2-3-11(10)18)23-13(26)7-12(17(19,20)21)24(22)15(23)28/h2-3,6-7H,4-5,22H2,1H3. The largest absolute Gasteiger partial charge is 0.447 e. The van der Waals surface area contributed by atoms with Crippen LogP contribution < -0.4 is 17.1 Å². The Morgan fingerprint density at radius 3 is 2.38 bits per heavy atom. The van der Waals surface area contributed by atoms with Gasteiger partial charge in [0.25, 0.3) is 5.56 Å². The van der Waals surface area contributed by atoms with Gasteiger partial charge < -0.3 is 10.6 Å². The molecule has 0 bridgehead atoms. The smallest absolute Gasteiger partial charge is 0.365 e. The molecule has 154 valence electrons. The topological polar surface area (TPSA) is 113 Å². The molecule has 12 heteroatoms. The van der Waals surface area contributed by atoms with Gasteiger partial charge in [0.1, 0.15) is 5.69 Å². The van der Waals surface area contributed by atoms with E-state index in [9.17, 15) is 28.0 Å². The van der Waals surface area contributed by atoms with Crippen LogP contribution in [0.25, 0.3) is 5.69 Å². The Morgan fingerprint density at radius 1 is 1.24 bits per heavy atom. The van der Waals surface area contributed by atoms with Crippen LogP contribution in [0.5, 0.6) is 0 Å². The van der Waals surface area contributed by atoms with Crippen LogP contribution in [0.4, 0.5) is 8.78 Å². The summed E-state index contributed by atoms with van der Waals surface area (Å²) in [7, 11) is 0. The van der Waals surface area contributed by atoms with Crippen molar-refractivity contribution in [1.82, 2.24) is 9.24 Å². The average Bonchev–Trinajstić information content (AvgIpc) is 3.39. The molecular formula is C17H13Cl2F2N3O5. The summed E-state index contributed by atoms with van der Waals surface area (Å²) in [6, 6.07) is 3.87. The molecule has 29 heavy (non-hydrogen) atoms. The molecule has 0 spiro atoms. The fourth-order valence-corrected chi connectivity index (χ4v) is 3.03. The number of carbonyl (C=O) groups is 2. The number of alkyl halides is 3. The van der Waals surface area contributed by atoms with E-state index in [0.29, 0.717) is 23.5 Å². The summed E-state index contributed by atoms with van der Waals surface area (Å²) < 4.78 is 32.4. The Hall–Kier alpha value is -2.72.